The molecular formula is C21H33IN6O2. The summed E-state index contributed by atoms with van der Waals surface area (Å²) in [6.07, 6.45) is 9.51. The molecule has 2 fully saturated rings. The van der Waals surface area contributed by atoms with Gasteiger partial charge in [-0.1, -0.05) is 6.42 Å². The standard InChI is InChI=1S/C21H32N6O2.HI/c1-22-21(27-10-12-29-20(16-27)17-13-24-25(2)15-17)23-14-18(19-7-6-11-28-19)26-8-4-3-5-9-26;/h6-7,11,13,15,18,20H,3-5,8-10,12,14,16H2,1-2H3,(H,22,23);1H. The highest BCUT2D eigenvalue weighted by Crippen LogP contribution is 2.25. The summed E-state index contributed by atoms with van der Waals surface area (Å²) in [4.78, 5) is 9.35. The predicted molar refractivity (Wildman–Crippen MR) is 127 cm³/mol. The fourth-order valence-corrected chi connectivity index (χ4v) is 4.29. The molecule has 0 amide bonds. The van der Waals surface area contributed by atoms with Gasteiger partial charge in [-0.05, 0) is 38.1 Å². The Balaban J connectivity index is 0.00000256. The minimum Gasteiger partial charge on any atom is -0.468 e. The van der Waals surface area contributed by atoms with Gasteiger partial charge in [0, 0.05) is 38.9 Å². The van der Waals surface area contributed by atoms with Crippen molar-refractivity contribution >= 4 is 29.9 Å². The zero-order valence-electron chi connectivity index (χ0n) is 17.9. The number of rotatable bonds is 5. The van der Waals surface area contributed by atoms with Crippen LogP contribution in [0.2, 0.25) is 0 Å². The van der Waals surface area contributed by atoms with Crippen LogP contribution in [0.5, 0.6) is 0 Å². The number of nitrogens with zero attached hydrogens (tertiary/aromatic N) is 5. The van der Waals surface area contributed by atoms with Gasteiger partial charge < -0.3 is 19.4 Å². The highest BCUT2D eigenvalue weighted by Gasteiger charge is 2.28. The summed E-state index contributed by atoms with van der Waals surface area (Å²) in [6.45, 7) is 5.27. The van der Waals surface area contributed by atoms with Crippen molar-refractivity contribution in [2.24, 2.45) is 12.0 Å². The topological polar surface area (TPSA) is 71.1 Å². The Hall–Kier alpha value is -1.59. The number of guanidine groups is 1. The number of morpholine rings is 1. The average molecular weight is 528 g/mol. The molecule has 0 saturated carbocycles. The number of aliphatic imine (C=N–C) groups is 1. The second kappa shape index (κ2) is 11.1. The van der Waals surface area contributed by atoms with Gasteiger partial charge in [-0.2, -0.15) is 5.10 Å². The van der Waals surface area contributed by atoms with Gasteiger partial charge in [-0.25, -0.2) is 0 Å². The van der Waals surface area contributed by atoms with Crippen molar-refractivity contribution in [2.45, 2.75) is 31.4 Å². The number of furan rings is 1. The highest BCUT2D eigenvalue weighted by atomic mass is 127. The molecule has 30 heavy (non-hydrogen) atoms. The molecule has 0 radical (unpaired) electrons. The second-order valence-electron chi connectivity index (χ2n) is 7.81. The van der Waals surface area contributed by atoms with Crippen LogP contribution in [0.3, 0.4) is 0 Å². The molecule has 2 unspecified atom stereocenters. The van der Waals surface area contributed by atoms with Crippen molar-refractivity contribution in [1.29, 1.82) is 0 Å². The number of hydrogen-bond acceptors (Lipinski definition) is 5. The Kier molecular flexibility index (Phi) is 8.58. The number of piperidine rings is 1. The monoisotopic (exact) mass is 528 g/mol. The van der Waals surface area contributed by atoms with E-state index in [1.165, 1.54) is 19.3 Å². The molecule has 4 rings (SSSR count). The lowest BCUT2D eigenvalue weighted by Crippen LogP contribution is -2.50. The van der Waals surface area contributed by atoms with Crippen molar-refractivity contribution in [1.82, 2.24) is 24.9 Å². The minimum atomic E-state index is 0. The molecule has 2 aliphatic heterocycles. The molecule has 8 nitrogen and oxygen atoms in total. The number of likely N-dealkylation sites (tertiary alicyclic amines) is 1. The van der Waals surface area contributed by atoms with Crippen LogP contribution in [0.25, 0.3) is 0 Å². The lowest BCUT2D eigenvalue weighted by atomic mass is 10.1. The van der Waals surface area contributed by atoms with Gasteiger partial charge in [0.15, 0.2) is 5.96 Å². The molecule has 2 aromatic rings. The van der Waals surface area contributed by atoms with Crippen LogP contribution in [0, 0.1) is 0 Å². The molecule has 166 valence electrons. The molecule has 9 heteroatoms. The Labute approximate surface area is 195 Å². The first-order chi connectivity index (χ1) is 14.2. The van der Waals surface area contributed by atoms with Crippen molar-refractivity contribution < 1.29 is 9.15 Å². The molecule has 1 N–H and O–H groups in total. The van der Waals surface area contributed by atoms with Gasteiger partial charge in [0.2, 0.25) is 0 Å². The average Bonchev–Trinajstić information content (AvgIpc) is 3.44. The lowest BCUT2D eigenvalue weighted by molar-refractivity contribution is -0.00819. The molecule has 2 aliphatic rings. The van der Waals surface area contributed by atoms with E-state index >= 15 is 0 Å². The fourth-order valence-electron chi connectivity index (χ4n) is 4.29. The van der Waals surface area contributed by atoms with Crippen LogP contribution in [0.15, 0.2) is 40.2 Å². The van der Waals surface area contributed by atoms with Crippen LogP contribution in [-0.4, -0.2) is 71.9 Å². The zero-order chi connectivity index (χ0) is 20.1. The van der Waals surface area contributed by atoms with Gasteiger partial charge in [0.05, 0.1) is 31.7 Å². The number of aromatic nitrogens is 2. The third kappa shape index (κ3) is 5.55. The number of aryl methyl sites for hydroxylation is 1. The van der Waals surface area contributed by atoms with Gasteiger partial charge >= 0.3 is 0 Å². The first kappa shape index (κ1) is 23.1. The quantitative estimate of drug-likeness (QED) is 0.366. The van der Waals surface area contributed by atoms with Crippen molar-refractivity contribution in [3.63, 3.8) is 0 Å². The largest absolute Gasteiger partial charge is 0.468 e. The third-order valence-corrected chi connectivity index (χ3v) is 5.83. The maximum absolute atomic E-state index is 5.98. The van der Waals surface area contributed by atoms with Crippen LogP contribution in [0.1, 0.15) is 42.7 Å². The highest BCUT2D eigenvalue weighted by molar-refractivity contribution is 14.0. The smallest absolute Gasteiger partial charge is 0.193 e. The molecular weight excluding hydrogens is 495 g/mol. The number of halogens is 1. The summed E-state index contributed by atoms with van der Waals surface area (Å²) < 4.78 is 13.6. The Bertz CT molecular complexity index is 787. The first-order valence-corrected chi connectivity index (χ1v) is 10.6. The summed E-state index contributed by atoms with van der Waals surface area (Å²) in [5.74, 6) is 1.93. The fraction of sp³-hybridized carbons (Fsp3) is 0.619. The van der Waals surface area contributed by atoms with Crippen molar-refractivity contribution in [3.05, 3.63) is 42.1 Å². The zero-order valence-corrected chi connectivity index (χ0v) is 20.2. The molecule has 0 bridgehead atoms. The maximum Gasteiger partial charge on any atom is 0.193 e. The Morgan fingerprint density at radius 1 is 1.30 bits per heavy atom. The van der Waals surface area contributed by atoms with Gasteiger partial charge in [-0.3, -0.25) is 14.6 Å². The van der Waals surface area contributed by atoms with Gasteiger partial charge in [-0.15, -0.1) is 24.0 Å². The normalized spacial score (nSPS) is 21.9. The minimum absolute atomic E-state index is 0. The van der Waals surface area contributed by atoms with Crippen LogP contribution in [0.4, 0.5) is 0 Å². The van der Waals surface area contributed by atoms with Crippen LogP contribution < -0.4 is 5.32 Å². The van der Waals surface area contributed by atoms with Crippen LogP contribution >= 0.6 is 24.0 Å². The summed E-state index contributed by atoms with van der Waals surface area (Å²) in [7, 11) is 3.78. The molecule has 4 heterocycles. The van der Waals surface area contributed by atoms with E-state index in [1.54, 1.807) is 6.26 Å². The van der Waals surface area contributed by atoms with E-state index in [-0.39, 0.29) is 36.1 Å². The number of hydrogen-bond donors (Lipinski definition) is 1. The molecule has 0 aromatic carbocycles. The predicted octanol–water partition coefficient (Wildman–Crippen LogP) is 2.81. The molecule has 2 saturated heterocycles. The number of ether oxygens (including phenoxy) is 1. The summed E-state index contributed by atoms with van der Waals surface area (Å²) >= 11 is 0. The van der Waals surface area contributed by atoms with E-state index in [2.05, 4.69) is 31.3 Å². The van der Waals surface area contributed by atoms with Crippen LogP contribution in [-0.2, 0) is 11.8 Å². The van der Waals surface area contributed by atoms with E-state index in [4.69, 9.17) is 9.15 Å². The third-order valence-electron chi connectivity index (χ3n) is 5.83. The summed E-state index contributed by atoms with van der Waals surface area (Å²) in [6, 6.07) is 4.27. The lowest BCUT2D eigenvalue weighted by Gasteiger charge is -2.37. The Morgan fingerprint density at radius 2 is 2.13 bits per heavy atom. The van der Waals surface area contributed by atoms with Crippen molar-refractivity contribution in [3.8, 4) is 0 Å². The first-order valence-electron chi connectivity index (χ1n) is 10.6. The summed E-state index contributed by atoms with van der Waals surface area (Å²) in [5.41, 5.74) is 1.11. The van der Waals surface area contributed by atoms with E-state index in [0.29, 0.717) is 6.61 Å². The van der Waals surface area contributed by atoms with E-state index < -0.39 is 0 Å². The van der Waals surface area contributed by atoms with Crippen molar-refractivity contribution in [2.75, 3.05) is 46.4 Å². The maximum atomic E-state index is 5.98. The molecule has 2 aromatic heterocycles. The van der Waals surface area contributed by atoms with E-state index in [1.807, 2.05) is 37.2 Å². The van der Waals surface area contributed by atoms with Gasteiger partial charge in [0.1, 0.15) is 11.9 Å². The van der Waals surface area contributed by atoms with E-state index in [9.17, 15) is 0 Å². The number of nitrogens with one attached hydrogen (secondary N) is 1. The Morgan fingerprint density at radius 3 is 2.80 bits per heavy atom. The second-order valence-corrected chi connectivity index (χ2v) is 7.81. The van der Waals surface area contributed by atoms with E-state index in [0.717, 1.165) is 50.0 Å². The SMILES string of the molecule is CN=C(NCC(c1ccco1)N1CCCCC1)N1CCOC(c2cnn(C)c2)C1.I. The summed E-state index contributed by atoms with van der Waals surface area (Å²) in [5, 5.41) is 7.88. The molecule has 0 spiro atoms. The molecule has 2 atom stereocenters. The molecule has 0 aliphatic carbocycles. The van der Waals surface area contributed by atoms with Gasteiger partial charge in [0.25, 0.3) is 0 Å².